The predicted octanol–water partition coefficient (Wildman–Crippen LogP) is 4.05. The van der Waals surface area contributed by atoms with Gasteiger partial charge < -0.3 is 0 Å². The highest BCUT2D eigenvalue weighted by Crippen LogP contribution is 2.26. The summed E-state index contributed by atoms with van der Waals surface area (Å²) >= 11 is 9.21. The van der Waals surface area contributed by atoms with Gasteiger partial charge in [-0.2, -0.15) is 0 Å². The molecule has 1 aliphatic rings. The van der Waals surface area contributed by atoms with E-state index in [-0.39, 0.29) is 10.9 Å². The standard InChI is InChI=1S/C18H20BrClN2O2S/c19-17-12-16(6-7-18(17)20)25(23,24)21-15-8-10-22(11-9-15)13-14-4-2-1-3-5-14/h1-7,12,15,21H,8-11,13H2. The second-order valence-corrected chi connectivity index (χ2v) is 9.21. The van der Waals surface area contributed by atoms with Gasteiger partial charge in [0, 0.05) is 30.1 Å². The number of piperidine rings is 1. The van der Waals surface area contributed by atoms with E-state index in [0.717, 1.165) is 32.5 Å². The van der Waals surface area contributed by atoms with Gasteiger partial charge in [0.25, 0.3) is 0 Å². The number of hydrogen-bond donors (Lipinski definition) is 1. The molecule has 0 aliphatic carbocycles. The molecule has 134 valence electrons. The van der Waals surface area contributed by atoms with Crippen molar-refractivity contribution in [3.05, 3.63) is 63.6 Å². The quantitative estimate of drug-likeness (QED) is 0.758. The fourth-order valence-electron chi connectivity index (χ4n) is 2.98. The SMILES string of the molecule is O=S(=O)(NC1CCN(Cc2ccccc2)CC1)c1ccc(Cl)c(Br)c1. The van der Waals surface area contributed by atoms with Gasteiger partial charge in [0.2, 0.25) is 10.0 Å². The molecule has 0 unspecified atom stereocenters. The Balaban J connectivity index is 1.57. The molecular formula is C18H20BrClN2O2S. The van der Waals surface area contributed by atoms with Crippen molar-refractivity contribution in [3.8, 4) is 0 Å². The minimum atomic E-state index is -3.53. The third-order valence-corrected chi connectivity index (χ3v) is 7.09. The molecule has 1 N–H and O–H groups in total. The van der Waals surface area contributed by atoms with Crippen LogP contribution in [-0.2, 0) is 16.6 Å². The van der Waals surface area contributed by atoms with Crippen LogP contribution in [0.25, 0.3) is 0 Å². The monoisotopic (exact) mass is 442 g/mol. The molecule has 7 heteroatoms. The lowest BCUT2D eigenvalue weighted by atomic mass is 10.1. The van der Waals surface area contributed by atoms with Gasteiger partial charge in [0.05, 0.1) is 9.92 Å². The average molecular weight is 444 g/mol. The Morgan fingerprint density at radius 2 is 1.80 bits per heavy atom. The van der Waals surface area contributed by atoms with Crippen LogP contribution in [0, 0.1) is 0 Å². The lowest BCUT2D eigenvalue weighted by Crippen LogP contribution is -2.44. The number of nitrogens with zero attached hydrogens (tertiary/aromatic N) is 1. The highest BCUT2D eigenvalue weighted by molar-refractivity contribution is 9.10. The smallest absolute Gasteiger partial charge is 0.240 e. The Bertz CT molecular complexity index is 822. The van der Waals surface area contributed by atoms with Crippen molar-refractivity contribution in [3.63, 3.8) is 0 Å². The third-order valence-electron chi connectivity index (χ3n) is 4.36. The molecule has 0 amide bonds. The van der Waals surface area contributed by atoms with Gasteiger partial charge in [-0.05, 0) is 52.5 Å². The first kappa shape index (κ1) is 18.9. The number of hydrogen-bond acceptors (Lipinski definition) is 3. The van der Waals surface area contributed by atoms with Crippen LogP contribution in [0.3, 0.4) is 0 Å². The van der Waals surface area contributed by atoms with E-state index >= 15 is 0 Å². The fraction of sp³-hybridized carbons (Fsp3) is 0.333. The van der Waals surface area contributed by atoms with Gasteiger partial charge in [-0.15, -0.1) is 0 Å². The second kappa shape index (κ2) is 8.18. The van der Waals surface area contributed by atoms with E-state index in [4.69, 9.17) is 11.6 Å². The number of likely N-dealkylation sites (tertiary alicyclic amines) is 1. The van der Waals surface area contributed by atoms with E-state index in [2.05, 4.69) is 37.7 Å². The van der Waals surface area contributed by atoms with Crippen LogP contribution in [0.1, 0.15) is 18.4 Å². The van der Waals surface area contributed by atoms with Crippen LogP contribution in [-0.4, -0.2) is 32.4 Å². The van der Waals surface area contributed by atoms with Crippen molar-refractivity contribution in [2.24, 2.45) is 0 Å². The zero-order valence-corrected chi connectivity index (χ0v) is 16.8. The van der Waals surface area contributed by atoms with E-state index in [1.165, 1.54) is 17.7 Å². The Labute approximate surface area is 162 Å². The Kier molecular flexibility index (Phi) is 6.17. The molecule has 3 rings (SSSR count). The first-order valence-electron chi connectivity index (χ1n) is 8.18. The summed E-state index contributed by atoms with van der Waals surface area (Å²) in [5.41, 5.74) is 1.28. The number of sulfonamides is 1. The van der Waals surface area contributed by atoms with Crippen molar-refractivity contribution in [1.29, 1.82) is 0 Å². The van der Waals surface area contributed by atoms with Crippen LogP contribution in [0.4, 0.5) is 0 Å². The minimum Gasteiger partial charge on any atom is -0.299 e. The highest BCUT2D eigenvalue weighted by Gasteiger charge is 2.25. The van der Waals surface area contributed by atoms with Gasteiger partial charge in [-0.25, -0.2) is 13.1 Å². The maximum atomic E-state index is 12.5. The van der Waals surface area contributed by atoms with Crippen molar-refractivity contribution in [2.75, 3.05) is 13.1 Å². The Morgan fingerprint density at radius 3 is 2.44 bits per heavy atom. The Hall–Kier alpha value is -0.920. The van der Waals surface area contributed by atoms with E-state index < -0.39 is 10.0 Å². The van der Waals surface area contributed by atoms with Crippen LogP contribution < -0.4 is 4.72 Å². The third kappa shape index (κ3) is 5.05. The lowest BCUT2D eigenvalue weighted by Gasteiger charge is -2.32. The van der Waals surface area contributed by atoms with Crippen LogP contribution in [0.5, 0.6) is 0 Å². The molecule has 0 bridgehead atoms. The summed E-state index contributed by atoms with van der Waals surface area (Å²) in [4.78, 5) is 2.59. The molecule has 0 aromatic heterocycles. The van der Waals surface area contributed by atoms with Crippen molar-refractivity contribution < 1.29 is 8.42 Å². The van der Waals surface area contributed by atoms with Crippen molar-refractivity contribution >= 4 is 37.6 Å². The summed E-state index contributed by atoms with van der Waals surface area (Å²) in [5.74, 6) is 0. The second-order valence-electron chi connectivity index (χ2n) is 6.23. The summed E-state index contributed by atoms with van der Waals surface area (Å²) in [6.07, 6.45) is 1.61. The molecule has 1 fully saturated rings. The van der Waals surface area contributed by atoms with Crippen molar-refractivity contribution in [2.45, 2.75) is 30.3 Å². The minimum absolute atomic E-state index is 0.0357. The highest BCUT2D eigenvalue weighted by atomic mass is 79.9. The summed E-state index contributed by atoms with van der Waals surface area (Å²) in [6, 6.07) is 14.9. The Morgan fingerprint density at radius 1 is 1.12 bits per heavy atom. The summed E-state index contributed by atoms with van der Waals surface area (Å²) in [6.45, 7) is 2.67. The molecule has 1 saturated heterocycles. The zero-order valence-electron chi connectivity index (χ0n) is 13.7. The zero-order chi connectivity index (χ0) is 17.9. The summed E-state index contributed by atoms with van der Waals surface area (Å²) < 4.78 is 28.5. The normalized spacial score (nSPS) is 16.9. The fourth-order valence-corrected chi connectivity index (χ4v) is 4.96. The molecule has 0 spiro atoms. The maximum absolute atomic E-state index is 12.5. The van der Waals surface area contributed by atoms with Gasteiger partial charge in [0.15, 0.2) is 0 Å². The van der Waals surface area contributed by atoms with Gasteiger partial charge in [-0.3, -0.25) is 4.90 Å². The van der Waals surface area contributed by atoms with Gasteiger partial charge in [-0.1, -0.05) is 41.9 Å². The predicted molar refractivity (Wildman–Crippen MR) is 104 cm³/mol. The molecule has 1 aliphatic heterocycles. The summed E-state index contributed by atoms with van der Waals surface area (Å²) in [5, 5.41) is 0.494. The summed E-state index contributed by atoms with van der Waals surface area (Å²) in [7, 11) is -3.53. The number of benzene rings is 2. The van der Waals surface area contributed by atoms with E-state index in [1.54, 1.807) is 6.07 Å². The molecule has 2 aromatic rings. The van der Waals surface area contributed by atoms with E-state index in [9.17, 15) is 8.42 Å². The van der Waals surface area contributed by atoms with Crippen LogP contribution in [0.15, 0.2) is 57.9 Å². The molecule has 4 nitrogen and oxygen atoms in total. The van der Waals surface area contributed by atoms with Crippen LogP contribution >= 0.6 is 27.5 Å². The molecule has 2 aromatic carbocycles. The maximum Gasteiger partial charge on any atom is 0.240 e. The van der Waals surface area contributed by atoms with Crippen LogP contribution in [0.2, 0.25) is 5.02 Å². The van der Waals surface area contributed by atoms with Gasteiger partial charge >= 0.3 is 0 Å². The number of rotatable bonds is 5. The first-order valence-corrected chi connectivity index (χ1v) is 10.8. The molecule has 0 saturated carbocycles. The largest absolute Gasteiger partial charge is 0.299 e. The van der Waals surface area contributed by atoms with E-state index in [1.807, 2.05) is 18.2 Å². The number of nitrogens with one attached hydrogen (secondary N) is 1. The van der Waals surface area contributed by atoms with Crippen molar-refractivity contribution in [1.82, 2.24) is 9.62 Å². The molecule has 1 heterocycles. The molecule has 0 radical (unpaired) electrons. The molecule has 25 heavy (non-hydrogen) atoms. The molecular weight excluding hydrogens is 424 g/mol. The number of halogens is 2. The first-order chi connectivity index (χ1) is 11.9. The molecule has 0 atom stereocenters. The lowest BCUT2D eigenvalue weighted by molar-refractivity contribution is 0.200. The van der Waals surface area contributed by atoms with E-state index in [0.29, 0.717) is 9.50 Å². The average Bonchev–Trinajstić information content (AvgIpc) is 2.60. The van der Waals surface area contributed by atoms with Gasteiger partial charge in [0.1, 0.15) is 0 Å². The topological polar surface area (TPSA) is 49.4 Å².